The SMILES string of the molecule is COC1CCC(C=O)C(=O)C1. The Hall–Kier alpha value is -0.700. The van der Waals surface area contributed by atoms with Crippen molar-refractivity contribution in [3.63, 3.8) is 0 Å². The van der Waals surface area contributed by atoms with E-state index in [1.807, 2.05) is 0 Å². The maximum absolute atomic E-state index is 11.1. The van der Waals surface area contributed by atoms with Crippen LogP contribution < -0.4 is 0 Å². The fraction of sp³-hybridized carbons (Fsp3) is 0.750. The van der Waals surface area contributed by atoms with Gasteiger partial charge < -0.3 is 9.53 Å². The highest BCUT2D eigenvalue weighted by Gasteiger charge is 2.27. The average molecular weight is 156 g/mol. The van der Waals surface area contributed by atoms with Gasteiger partial charge in [0.15, 0.2) is 0 Å². The molecule has 3 nitrogen and oxygen atoms in total. The highest BCUT2D eigenvalue weighted by molar-refractivity contribution is 5.94. The van der Waals surface area contributed by atoms with Crippen LogP contribution in [0.15, 0.2) is 0 Å². The molecule has 3 heteroatoms. The van der Waals surface area contributed by atoms with Crippen molar-refractivity contribution >= 4 is 12.1 Å². The van der Waals surface area contributed by atoms with Gasteiger partial charge in [0.25, 0.3) is 0 Å². The Bertz CT molecular complexity index is 165. The third-order valence-electron chi connectivity index (χ3n) is 2.14. The molecule has 0 bridgehead atoms. The fourth-order valence-corrected chi connectivity index (χ4v) is 1.35. The van der Waals surface area contributed by atoms with Crippen LogP contribution in [0.1, 0.15) is 19.3 Å². The Balaban J connectivity index is 2.47. The maximum atomic E-state index is 11.1. The highest BCUT2D eigenvalue weighted by atomic mass is 16.5. The van der Waals surface area contributed by atoms with Crippen molar-refractivity contribution in [2.24, 2.45) is 5.92 Å². The van der Waals surface area contributed by atoms with Crippen molar-refractivity contribution in [3.8, 4) is 0 Å². The molecule has 1 rings (SSSR count). The van der Waals surface area contributed by atoms with E-state index in [-0.39, 0.29) is 17.8 Å². The molecule has 11 heavy (non-hydrogen) atoms. The first kappa shape index (κ1) is 8.40. The van der Waals surface area contributed by atoms with Crippen molar-refractivity contribution in [2.75, 3.05) is 7.11 Å². The van der Waals surface area contributed by atoms with Gasteiger partial charge in [-0.2, -0.15) is 0 Å². The molecule has 2 atom stereocenters. The summed E-state index contributed by atoms with van der Waals surface area (Å²) in [6.45, 7) is 0. The molecule has 1 fully saturated rings. The van der Waals surface area contributed by atoms with Crippen LogP contribution in [0.2, 0.25) is 0 Å². The van der Waals surface area contributed by atoms with Crippen LogP contribution in [0.5, 0.6) is 0 Å². The number of rotatable bonds is 2. The monoisotopic (exact) mass is 156 g/mol. The van der Waals surface area contributed by atoms with Crippen LogP contribution in [0, 0.1) is 5.92 Å². The molecule has 0 aromatic carbocycles. The van der Waals surface area contributed by atoms with Crippen molar-refractivity contribution in [1.29, 1.82) is 0 Å². The Kier molecular flexibility index (Phi) is 2.76. The van der Waals surface area contributed by atoms with Crippen LogP contribution >= 0.6 is 0 Å². The predicted molar refractivity (Wildman–Crippen MR) is 39.2 cm³/mol. The van der Waals surface area contributed by atoms with E-state index in [0.717, 1.165) is 12.7 Å². The van der Waals surface area contributed by atoms with Crippen molar-refractivity contribution < 1.29 is 14.3 Å². The van der Waals surface area contributed by atoms with E-state index in [0.29, 0.717) is 12.8 Å². The first-order valence-corrected chi connectivity index (χ1v) is 3.78. The summed E-state index contributed by atoms with van der Waals surface area (Å²) in [6.07, 6.45) is 2.67. The molecule has 0 aromatic heterocycles. The number of hydrogen-bond donors (Lipinski definition) is 0. The number of aldehydes is 1. The smallest absolute Gasteiger partial charge is 0.145 e. The minimum atomic E-state index is -0.360. The van der Waals surface area contributed by atoms with Gasteiger partial charge in [-0.15, -0.1) is 0 Å². The van der Waals surface area contributed by atoms with Crippen LogP contribution in [-0.4, -0.2) is 25.3 Å². The van der Waals surface area contributed by atoms with Crippen LogP contribution in [0.25, 0.3) is 0 Å². The van der Waals surface area contributed by atoms with Crippen LogP contribution in [0.4, 0.5) is 0 Å². The van der Waals surface area contributed by atoms with E-state index < -0.39 is 0 Å². The zero-order valence-electron chi connectivity index (χ0n) is 6.58. The zero-order chi connectivity index (χ0) is 8.27. The van der Waals surface area contributed by atoms with E-state index in [9.17, 15) is 9.59 Å². The Morgan fingerprint density at radius 2 is 2.27 bits per heavy atom. The molecular weight excluding hydrogens is 144 g/mol. The second kappa shape index (κ2) is 3.62. The predicted octanol–water partition coefficient (Wildman–Crippen LogP) is 0.570. The highest BCUT2D eigenvalue weighted by Crippen LogP contribution is 2.21. The van der Waals surface area contributed by atoms with Crippen molar-refractivity contribution in [1.82, 2.24) is 0 Å². The molecule has 62 valence electrons. The lowest BCUT2D eigenvalue weighted by atomic mass is 9.87. The molecule has 0 spiro atoms. The summed E-state index contributed by atoms with van der Waals surface area (Å²) in [6, 6.07) is 0. The van der Waals surface area contributed by atoms with E-state index in [1.54, 1.807) is 7.11 Å². The number of carbonyl (C=O) groups is 2. The summed E-state index contributed by atoms with van der Waals surface area (Å²) in [5.74, 6) is -0.334. The van der Waals surface area contributed by atoms with Gasteiger partial charge in [-0.1, -0.05) is 0 Å². The number of ketones is 1. The molecule has 0 N–H and O–H groups in total. The zero-order valence-corrected chi connectivity index (χ0v) is 6.58. The van der Waals surface area contributed by atoms with Gasteiger partial charge in [-0.25, -0.2) is 0 Å². The van der Waals surface area contributed by atoms with E-state index in [4.69, 9.17) is 4.74 Å². The number of carbonyl (C=O) groups excluding carboxylic acids is 2. The van der Waals surface area contributed by atoms with Gasteiger partial charge in [-0.05, 0) is 12.8 Å². The second-order valence-corrected chi connectivity index (χ2v) is 2.85. The number of methoxy groups -OCH3 is 1. The maximum Gasteiger partial charge on any atom is 0.145 e. The van der Waals surface area contributed by atoms with Crippen molar-refractivity contribution in [2.45, 2.75) is 25.4 Å². The largest absolute Gasteiger partial charge is 0.381 e. The van der Waals surface area contributed by atoms with E-state index >= 15 is 0 Å². The minimum absolute atomic E-state index is 0.0260. The standard InChI is InChI=1S/C8H12O3/c1-11-7-3-2-6(5-9)8(10)4-7/h5-7H,2-4H2,1H3. The van der Waals surface area contributed by atoms with Gasteiger partial charge >= 0.3 is 0 Å². The average Bonchev–Trinajstić information content (AvgIpc) is 2.04. The molecule has 2 unspecified atom stereocenters. The summed E-state index contributed by atoms with van der Waals surface area (Å²) in [7, 11) is 1.60. The minimum Gasteiger partial charge on any atom is -0.381 e. The molecule has 0 heterocycles. The van der Waals surface area contributed by atoms with Crippen LogP contribution in [-0.2, 0) is 14.3 Å². The van der Waals surface area contributed by atoms with Crippen LogP contribution in [0.3, 0.4) is 0 Å². The van der Waals surface area contributed by atoms with E-state index in [2.05, 4.69) is 0 Å². The fourth-order valence-electron chi connectivity index (χ4n) is 1.35. The molecule has 1 saturated carbocycles. The van der Waals surface area contributed by atoms with Gasteiger partial charge in [0, 0.05) is 13.5 Å². The van der Waals surface area contributed by atoms with Gasteiger partial charge in [0.05, 0.1) is 12.0 Å². The van der Waals surface area contributed by atoms with Gasteiger partial charge in [-0.3, -0.25) is 4.79 Å². The Morgan fingerprint density at radius 1 is 1.55 bits per heavy atom. The molecule has 1 aliphatic rings. The second-order valence-electron chi connectivity index (χ2n) is 2.85. The molecule has 0 aliphatic heterocycles. The molecule has 0 saturated heterocycles. The lowest BCUT2D eigenvalue weighted by Crippen LogP contribution is -2.29. The summed E-state index contributed by atoms with van der Waals surface area (Å²) in [4.78, 5) is 21.4. The first-order valence-electron chi connectivity index (χ1n) is 3.78. The van der Waals surface area contributed by atoms with Gasteiger partial charge in [0.2, 0.25) is 0 Å². The molecule has 0 aromatic rings. The third-order valence-corrected chi connectivity index (χ3v) is 2.14. The Labute approximate surface area is 65.7 Å². The normalized spacial score (nSPS) is 31.9. The molecule has 1 aliphatic carbocycles. The summed E-state index contributed by atoms with van der Waals surface area (Å²) >= 11 is 0. The molecule has 0 amide bonds. The summed E-state index contributed by atoms with van der Waals surface area (Å²) in [5, 5.41) is 0. The summed E-state index contributed by atoms with van der Waals surface area (Å²) < 4.78 is 5.02. The van der Waals surface area contributed by atoms with Gasteiger partial charge in [0.1, 0.15) is 12.1 Å². The lowest BCUT2D eigenvalue weighted by molar-refractivity contribution is -0.132. The van der Waals surface area contributed by atoms with E-state index in [1.165, 1.54) is 0 Å². The number of Topliss-reactive ketones (excluding diaryl/α,β-unsaturated/α-hetero) is 1. The Morgan fingerprint density at radius 3 is 2.73 bits per heavy atom. The molecular formula is C8H12O3. The summed E-state index contributed by atoms with van der Waals surface area (Å²) in [5.41, 5.74) is 0. The molecule has 0 radical (unpaired) electrons. The quantitative estimate of drug-likeness (QED) is 0.433. The number of hydrogen-bond acceptors (Lipinski definition) is 3. The first-order chi connectivity index (χ1) is 5.27. The third kappa shape index (κ3) is 1.87. The number of ether oxygens (including phenoxy) is 1. The van der Waals surface area contributed by atoms with Crippen molar-refractivity contribution in [3.05, 3.63) is 0 Å². The topological polar surface area (TPSA) is 43.4 Å². The lowest BCUT2D eigenvalue weighted by Gasteiger charge is -2.22.